The summed E-state index contributed by atoms with van der Waals surface area (Å²) in [5.41, 5.74) is 1.87. The average Bonchev–Trinajstić information content (AvgIpc) is 3.16. The van der Waals surface area contributed by atoms with Crippen LogP contribution < -0.4 is 5.32 Å². The van der Waals surface area contributed by atoms with Crippen LogP contribution in [0.15, 0.2) is 39.4 Å². The molecule has 7 nitrogen and oxygen atoms in total. The second-order valence-electron chi connectivity index (χ2n) is 5.91. The van der Waals surface area contributed by atoms with Gasteiger partial charge in [0, 0.05) is 17.7 Å². The number of anilines is 1. The number of amides is 1. The topological polar surface area (TPSA) is 94.1 Å². The van der Waals surface area contributed by atoms with Crippen molar-refractivity contribution in [1.82, 2.24) is 15.3 Å². The van der Waals surface area contributed by atoms with Gasteiger partial charge in [-0.2, -0.15) is 4.98 Å². The molecule has 1 saturated carbocycles. The number of rotatable bonds is 5. The third-order valence-electron chi connectivity index (χ3n) is 3.92. The molecule has 2 aromatic heterocycles. The smallest absolute Gasteiger partial charge is 0.277 e. The first-order valence-corrected chi connectivity index (χ1v) is 7.84. The lowest BCUT2D eigenvalue weighted by Gasteiger charge is -2.08. The fourth-order valence-corrected chi connectivity index (χ4v) is 2.51. The van der Waals surface area contributed by atoms with Gasteiger partial charge in [-0.15, -0.1) is 0 Å². The third-order valence-corrected chi connectivity index (χ3v) is 3.92. The van der Waals surface area contributed by atoms with E-state index in [-0.39, 0.29) is 5.91 Å². The normalized spacial score (nSPS) is 13.9. The lowest BCUT2D eigenvalue weighted by molar-refractivity contribution is 0.101. The zero-order valence-corrected chi connectivity index (χ0v) is 13.2. The molecule has 0 radical (unpaired) electrons. The quantitative estimate of drug-likeness (QED) is 0.775. The van der Waals surface area contributed by atoms with E-state index < -0.39 is 0 Å². The number of hydrogen-bond acceptors (Lipinski definition) is 6. The number of hydrogen-bond donors (Lipinski definition) is 1. The van der Waals surface area contributed by atoms with Crippen molar-refractivity contribution in [3.63, 3.8) is 0 Å². The number of aromatic nitrogens is 3. The van der Waals surface area contributed by atoms with Gasteiger partial charge in [-0.05, 0) is 31.4 Å². The average molecular weight is 324 g/mol. The minimum Gasteiger partial charge on any atom is -0.360 e. The van der Waals surface area contributed by atoms with Gasteiger partial charge < -0.3 is 14.4 Å². The first kappa shape index (κ1) is 14.6. The van der Waals surface area contributed by atoms with Gasteiger partial charge in [-0.25, -0.2) is 0 Å². The van der Waals surface area contributed by atoms with Crippen LogP contribution in [0.1, 0.15) is 52.3 Å². The summed E-state index contributed by atoms with van der Waals surface area (Å²) in [4.78, 5) is 16.6. The predicted molar refractivity (Wildman–Crippen MR) is 84.7 cm³/mol. The number of nitrogens with one attached hydrogen (secondary N) is 1. The Kier molecular flexibility index (Phi) is 3.60. The Balaban J connectivity index is 1.51. The van der Waals surface area contributed by atoms with Crippen molar-refractivity contribution in [2.45, 2.75) is 32.1 Å². The van der Waals surface area contributed by atoms with Crippen molar-refractivity contribution in [1.29, 1.82) is 0 Å². The summed E-state index contributed by atoms with van der Waals surface area (Å²) in [7, 11) is 0. The number of aryl methyl sites for hydroxylation is 1. The van der Waals surface area contributed by atoms with Gasteiger partial charge in [-0.1, -0.05) is 28.5 Å². The fourth-order valence-electron chi connectivity index (χ4n) is 2.51. The van der Waals surface area contributed by atoms with Crippen molar-refractivity contribution >= 4 is 11.6 Å². The van der Waals surface area contributed by atoms with Gasteiger partial charge in [0.15, 0.2) is 11.5 Å². The van der Waals surface area contributed by atoms with Crippen LogP contribution in [-0.2, 0) is 6.42 Å². The number of nitrogens with zero attached hydrogens (tertiary/aromatic N) is 3. The van der Waals surface area contributed by atoms with Crippen LogP contribution in [0.4, 0.5) is 5.69 Å². The maximum absolute atomic E-state index is 12.4. The molecule has 7 heteroatoms. The van der Waals surface area contributed by atoms with Gasteiger partial charge in [0.25, 0.3) is 5.91 Å². The van der Waals surface area contributed by atoms with E-state index in [1.54, 1.807) is 13.0 Å². The number of para-hydroxylation sites is 1. The summed E-state index contributed by atoms with van der Waals surface area (Å²) in [6.45, 7) is 1.77. The highest BCUT2D eigenvalue weighted by Gasteiger charge is 2.29. The Morgan fingerprint density at radius 3 is 2.83 bits per heavy atom. The molecule has 0 atom stereocenters. The summed E-state index contributed by atoms with van der Waals surface area (Å²) in [6, 6.07) is 9.22. The molecular formula is C17H16N4O3. The van der Waals surface area contributed by atoms with E-state index in [1.165, 1.54) is 0 Å². The molecule has 24 heavy (non-hydrogen) atoms. The van der Waals surface area contributed by atoms with Gasteiger partial charge in [-0.3, -0.25) is 4.79 Å². The summed E-state index contributed by atoms with van der Waals surface area (Å²) in [5.74, 6) is 2.01. The van der Waals surface area contributed by atoms with Crippen LogP contribution in [0.2, 0.25) is 0 Å². The second kappa shape index (κ2) is 5.92. The molecule has 1 amide bonds. The Labute approximate surface area is 138 Å². The van der Waals surface area contributed by atoms with Crippen molar-refractivity contribution in [2.75, 3.05) is 5.32 Å². The standard InChI is InChI=1S/C17H16N4O3/c1-10-18-16(24-20-10)8-12-4-2-3-5-13(12)19-17(22)14-9-15(23-21-14)11-6-7-11/h2-5,9,11H,6-8H2,1H3,(H,19,22). The van der Waals surface area contributed by atoms with Crippen LogP contribution >= 0.6 is 0 Å². The monoisotopic (exact) mass is 324 g/mol. The summed E-state index contributed by atoms with van der Waals surface area (Å²) in [6.07, 6.45) is 2.65. The Bertz CT molecular complexity index is 879. The zero-order valence-electron chi connectivity index (χ0n) is 13.2. The van der Waals surface area contributed by atoms with Crippen LogP contribution in [0.5, 0.6) is 0 Å². The molecule has 122 valence electrons. The molecule has 3 aromatic rings. The molecule has 1 aromatic carbocycles. The molecule has 1 aliphatic rings. The molecule has 1 aliphatic carbocycles. The number of carbonyl (C=O) groups is 1. The highest BCUT2D eigenvalue weighted by atomic mass is 16.5. The van der Waals surface area contributed by atoms with Crippen LogP contribution in [0.3, 0.4) is 0 Å². The van der Waals surface area contributed by atoms with Gasteiger partial charge in [0.2, 0.25) is 5.89 Å². The van der Waals surface area contributed by atoms with Gasteiger partial charge in [0.05, 0.1) is 6.42 Å². The molecule has 1 N–H and O–H groups in total. The van der Waals surface area contributed by atoms with E-state index in [9.17, 15) is 4.79 Å². The fraction of sp³-hybridized carbons (Fsp3) is 0.294. The van der Waals surface area contributed by atoms with E-state index >= 15 is 0 Å². The van der Waals surface area contributed by atoms with E-state index in [2.05, 4.69) is 20.6 Å². The van der Waals surface area contributed by atoms with Crippen molar-refractivity contribution < 1.29 is 13.8 Å². The SMILES string of the molecule is Cc1noc(Cc2ccccc2NC(=O)c2cc(C3CC3)on2)n1. The maximum Gasteiger partial charge on any atom is 0.277 e. The number of carbonyl (C=O) groups excluding carboxylic acids is 1. The molecule has 0 unspecified atom stereocenters. The Morgan fingerprint density at radius 2 is 2.08 bits per heavy atom. The molecule has 2 heterocycles. The molecule has 4 rings (SSSR count). The highest BCUT2D eigenvalue weighted by molar-refractivity contribution is 6.03. The first-order valence-electron chi connectivity index (χ1n) is 7.84. The lowest BCUT2D eigenvalue weighted by Crippen LogP contribution is -2.13. The minimum absolute atomic E-state index is 0.292. The molecule has 0 saturated heterocycles. The van der Waals surface area contributed by atoms with Crippen molar-refractivity contribution in [2.24, 2.45) is 0 Å². The largest absolute Gasteiger partial charge is 0.360 e. The predicted octanol–water partition coefficient (Wildman–Crippen LogP) is 3.09. The molecular weight excluding hydrogens is 308 g/mol. The minimum atomic E-state index is -0.292. The van der Waals surface area contributed by atoms with E-state index in [0.717, 1.165) is 24.2 Å². The Morgan fingerprint density at radius 1 is 1.25 bits per heavy atom. The van der Waals surface area contributed by atoms with Crippen molar-refractivity contribution in [3.05, 3.63) is 59.1 Å². The summed E-state index contributed by atoms with van der Waals surface area (Å²) >= 11 is 0. The summed E-state index contributed by atoms with van der Waals surface area (Å²) in [5, 5.41) is 10.5. The second-order valence-corrected chi connectivity index (χ2v) is 5.91. The van der Waals surface area contributed by atoms with E-state index in [0.29, 0.717) is 35.4 Å². The third kappa shape index (κ3) is 3.05. The number of benzene rings is 1. The molecule has 0 aliphatic heterocycles. The summed E-state index contributed by atoms with van der Waals surface area (Å²) < 4.78 is 10.4. The van der Waals surface area contributed by atoms with Crippen LogP contribution in [0.25, 0.3) is 0 Å². The lowest BCUT2D eigenvalue weighted by atomic mass is 10.1. The van der Waals surface area contributed by atoms with Crippen LogP contribution in [0, 0.1) is 6.92 Å². The first-order chi connectivity index (χ1) is 11.7. The zero-order chi connectivity index (χ0) is 16.5. The maximum atomic E-state index is 12.4. The molecule has 1 fully saturated rings. The van der Waals surface area contributed by atoms with E-state index in [4.69, 9.17) is 9.05 Å². The van der Waals surface area contributed by atoms with Gasteiger partial charge in [0.1, 0.15) is 5.76 Å². The van der Waals surface area contributed by atoms with Crippen molar-refractivity contribution in [3.8, 4) is 0 Å². The molecule has 0 spiro atoms. The Hall–Kier alpha value is -2.96. The highest BCUT2D eigenvalue weighted by Crippen LogP contribution is 2.40. The van der Waals surface area contributed by atoms with E-state index in [1.807, 2.05) is 24.3 Å². The van der Waals surface area contributed by atoms with Gasteiger partial charge >= 0.3 is 0 Å². The molecule has 0 bridgehead atoms. The van der Waals surface area contributed by atoms with Crippen LogP contribution in [-0.4, -0.2) is 21.2 Å².